The summed E-state index contributed by atoms with van der Waals surface area (Å²) in [6.45, 7) is 6.54. The predicted molar refractivity (Wildman–Crippen MR) is 96.6 cm³/mol. The molecule has 2 heterocycles. The van der Waals surface area contributed by atoms with Crippen LogP contribution in [0, 0.1) is 13.8 Å². The standard InChI is InChI=1S/C19H26N4O2/c1-14-11-15(2)23(20-14)13-19(24)22-10-9-21(3)18(12-22)16-5-7-17(25-4)8-6-16/h5-8,11,18H,9-10,12-13H2,1-4H3. The first kappa shape index (κ1) is 17.5. The molecule has 25 heavy (non-hydrogen) atoms. The van der Waals surface area contributed by atoms with E-state index in [-0.39, 0.29) is 11.9 Å². The Balaban J connectivity index is 1.70. The number of nitrogens with zero attached hydrogens (tertiary/aromatic N) is 4. The van der Waals surface area contributed by atoms with Crippen LogP contribution in [0.5, 0.6) is 5.75 Å². The van der Waals surface area contributed by atoms with Gasteiger partial charge in [-0.1, -0.05) is 12.1 Å². The summed E-state index contributed by atoms with van der Waals surface area (Å²) < 4.78 is 7.02. The molecular formula is C19H26N4O2. The van der Waals surface area contributed by atoms with Crippen molar-refractivity contribution in [3.05, 3.63) is 47.3 Å². The number of methoxy groups -OCH3 is 1. The van der Waals surface area contributed by atoms with Gasteiger partial charge in [0.2, 0.25) is 5.91 Å². The molecule has 6 heteroatoms. The molecule has 1 aromatic heterocycles. The number of amides is 1. The zero-order valence-electron chi connectivity index (χ0n) is 15.4. The van der Waals surface area contributed by atoms with Crippen LogP contribution in [0.15, 0.2) is 30.3 Å². The van der Waals surface area contributed by atoms with Crippen LogP contribution in [0.25, 0.3) is 0 Å². The number of ether oxygens (including phenoxy) is 1. The zero-order chi connectivity index (χ0) is 18.0. The molecule has 0 aliphatic carbocycles. The van der Waals surface area contributed by atoms with Crippen molar-refractivity contribution in [2.24, 2.45) is 0 Å². The minimum absolute atomic E-state index is 0.123. The third-order valence-electron chi connectivity index (χ3n) is 4.89. The van der Waals surface area contributed by atoms with E-state index in [2.05, 4.69) is 29.2 Å². The number of aryl methyl sites for hydroxylation is 2. The molecule has 6 nitrogen and oxygen atoms in total. The van der Waals surface area contributed by atoms with E-state index in [1.165, 1.54) is 5.56 Å². The minimum atomic E-state index is 0.123. The maximum atomic E-state index is 12.7. The van der Waals surface area contributed by atoms with Gasteiger partial charge in [0, 0.05) is 25.3 Å². The van der Waals surface area contributed by atoms with Gasteiger partial charge in [-0.15, -0.1) is 0 Å². The number of piperazine rings is 1. The number of hydrogen-bond acceptors (Lipinski definition) is 4. The Hall–Kier alpha value is -2.34. The largest absolute Gasteiger partial charge is 0.497 e. The van der Waals surface area contributed by atoms with Crippen molar-refractivity contribution in [1.82, 2.24) is 19.6 Å². The highest BCUT2D eigenvalue weighted by Crippen LogP contribution is 2.26. The van der Waals surface area contributed by atoms with Gasteiger partial charge in [-0.25, -0.2) is 0 Å². The molecule has 1 atom stereocenters. The Morgan fingerprint density at radius 1 is 1.24 bits per heavy atom. The summed E-state index contributed by atoms with van der Waals surface area (Å²) in [6.07, 6.45) is 0. The summed E-state index contributed by atoms with van der Waals surface area (Å²) in [4.78, 5) is 17.0. The SMILES string of the molecule is COc1ccc(C2CN(C(=O)Cn3nc(C)cc3C)CCN2C)cc1. The molecule has 1 aliphatic rings. The summed E-state index contributed by atoms with van der Waals surface area (Å²) in [5.41, 5.74) is 3.17. The monoisotopic (exact) mass is 342 g/mol. The second-order valence-corrected chi connectivity index (χ2v) is 6.69. The van der Waals surface area contributed by atoms with Gasteiger partial charge in [0.25, 0.3) is 0 Å². The number of aromatic nitrogens is 2. The van der Waals surface area contributed by atoms with Crippen LogP contribution in [0.2, 0.25) is 0 Å². The fourth-order valence-electron chi connectivity index (χ4n) is 3.35. The average Bonchev–Trinajstić information content (AvgIpc) is 2.92. The lowest BCUT2D eigenvalue weighted by Gasteiger charge is -2.39. The minimum Gasteiger partial charge on any atom is -0.497 e. The van der Waals surface area contributed by atoms with Gasteiger partial charge >= 0.3 is 0 Å². The Morgan fingerprint density at radius 3 is 2.56 bits per heavy atom. The van der Waals surface area contributed by atoms with Gasteiger partial charge in [-0.05, 0) is 44.7 Å². The second-order valence-electron chi connectivity index (χ2n) is 6.69. The fraction of sp³-hybridized carbons (Fsp3) is 0.474. The highest BCUT2D eigenvalue weighted by Gasteiger charge is 2.28. The Kier molecular flexibility index (Phi) is 5.08. The molecule has 0 N–H and O–H groups in total. The van der Waals surface area contributed by atoms with Gasteiger partial charge in [-0.3, -0.25) is 14.4 Å². The Labute approximate surface area is 149 Å². The molecule has 1 unspecified atom stereocenters. The van der Waals surface area contributed by atoms with Crippen molar-refractivity contribution in [3.63, 3.8) is 0 Å². The first-order valence-corrected chi connectivity index (χ1v) is 8.61. The summed E-state index contributed by atoms with van der Waals surface area (Å²) >= 11 is 0. The van der Waals surface area contributed by atoms with Crippen molar-refractivity contribution >= 4 is 5.91 Å². The van der Waals surface area contributed by atoms with E-state index < -0.39 is 0 Å². The molecule has 1 amide bonds. The van der Waals surface area contributed by atoms with E-state index in [4.69, 9.17) is 4.74 Å². The van der Waals surface area contributed by atoms with Gasteiger partial charge < -0.3 is 9.64 Å². The van der Waals surface area contributed by atoms with Gasteiger partial charge in [0.05, 0.1) is 18.8 Å². The van der Waals surface area contributed by atoms with Crippen LogP contribution < -0.4 is 4.74 Å². The molecular weight excluding hydrogens is 316 g/mol. The smallest absolute Gasteiger partial charge is 0.244 e. The lowest BCUT2D eigenvalue weighted by atomic mass is 10.0. The summed E-state index contributed by atoms with van der Waals surface area (Å²) in [5.74, 6) is 0.970. The lowest BCUT2D eigenvalue weighted by molar-refractivity contribution is -0.134. The first-order valence-electron chi connectivity index (χ1n) is 8.61. The van der Waals surface area contributed by atoms with Gasteiger partial charge in [-0.2, -0.15) is 5.10 Å². The molecule has 0 bridgehead atoms. The van der Waals surface area contributed by atoms with E-state index >= 15 is 0 Å². The van der Waals surface area contributed by atoms with Crippen LogP contribution in [0.3, 0.4) is 0 Å². The zero-order valence-corrected chi connectivity index (χ0v) is 15.4. The van der Waals surface area contributed by atoms with Crippen molar-refractivity contribution in [2.75, 3.05) is 33.8 Å². The molecule has 1 aliphatic heterocycles. The highest BCUT2D eigenvalue weighted by molar-refractivity contribution is 5.76. The molecule has 0 spiro atoms. The van der Waals surface area contributed by atoms with E-state index in [0.29, 0.717) is 13.1 Å². The van der Waals surface area contributed by atoms with Crippen molar-refractivity contribution in [3.8, 4) is 5.75 Å². The molecule has 2 aromatic rings. The fourth-order valence-corrected chi connectivity index (χ4v) is 3.35. The highest BCUT2D eigenvalue weighted by atomic mass is 16.5. The third kappa shape index (κ3) is 3.85. The molecule has 134 valence electrons. The number of benzene rings is 1. The van der Waals surface area contributed by atoms with Crippen LogP contribution in [-0.2, 0) is 11.3 Å². The van der Waals surface area contributed by atoms with Crippen molar-refractivity contribution < 1.29 is 9.53 Å². The maximum absolute atomic E-state index is 12.7. The third-order valence-corrected chi connectivity index (χ3v) is 4.89. The summed E-state index contributed by atoms with van der Waals surface area (Å²) in [7, 11) is 3.78. The molecule has 1 fully saturated rings. The first-order chi connectivity index (χ1) is 12.0. The normalized spacial score (nSPS) is 18.4. The van der Waals surface area contributed by atoms with E-state index in [1.807, 2.05) is 36.9 Å². The maximum Gasteiger partial charge on any atom is 0.244 e. The van der Waals surface area contributed by atoms with Gasteiger partial charge in [0.15, 0.2) is 0 Å². The predicted octanol–water partition coefficient (Wildman–Crippen LogP) is 2.02. The van der Waals surface area contributed by atoms with Crippen LogP contribution in [0.4, 0.5) is 0 Å². The average molecular weight is 342 g/mol. The van der Waals surface area contributed by atoms with Crippen molar-refractivity contribution in [2.45, 2.75) is 26.4 Å². The van der Waals surface area contributed by atoms with Crippen LogP contribution >= 0.6 is 0 Å². The number of carbonyl (C=O) groups is 1. The number of likely N-dealkylation sites (N-methyl/N-ethyl adjacent to an activating group) is 1. The quantitative estimate of drug-likeness (QED) is 0.853. The summed E-state index contributed by atoms with van der Waals surface area (Å²) in [6, 6.07) is 10.3. The lowest BCUT2D eigenvalue weighted by Crippen LogP contribution is -2.49. The van der Waals surface area contributed by atoms with Crippen LogP contribution in [-0.4, -0.2) is 59.3 Å². The number of carbonyl (C=O) groups excluding carboxylic acids is 1. The van der Waals surface area contributed by atoms with E-state index in [0.717, 1.165) is 30.2 Å². The van der Waals surface area contributed by atoms with Crippen LogP contribution in [0.1, 0.15) is 23.0 Å². The topological polar surface area (TPSA) is 50.6 Å². The molecule has 0 radical (unpaired) electrons. The number of hydrogen-bond donors (Lipinski definition) is 0. The van der Waals surface area contributed by atoms with Gasteiger partial charge in [0.1, 0.15) is 12.3 Å². The second kappa shape index (κ2) is 7.27. The van der Waals surface area contributed by atoms with Crippen molar-refractivity contribution in [1.29, 1.82) is 0 Å². The molecule has 0 saturated carbocycles. The van der Waals surface area contributed by atoms with E-state index in [9.17, 15) is 4.79 Å². The Bertz CT molecular complexity index is 738. The summed E-state index contributed by atoms with van der Waals surface area (Å²) in [5, 5.41) is 4.40. The Morgan fingerprint density at radius 2 is 1.96 bits per heavy atom. The number of rotatable bonds is 4. The molecule has 3 rings (SSSR count). The molecule has 1 aromatic carbocycles. The van der Waals surface area contributed by atoms with E-state index in [1.54, 1.807) is 11.8 Å². The molecule has 1 saturated heterocycles.